The molecular weight excluding hydrogens is 270 g/mol. The second-order valence-corrected chi connectivity index (χ2v) is 5.66. The molecule has 0 aromatic rings. The first-order chi connectivity index (χ1) is 8.95. The number of carbonyl (C=O) groups is 3. The molecule has 0 spiro atoms. The number of rotatable bonds is 3. The zero-order valence-electron chi connectivity index (χ0n) is 11.4. The predicted octanol–water partition coefficient (Wildman–Crippen LogP) is 1.29. The Bertz CT molecular complexity index is 363. The van der Waals surface area contributed by atoms with Gasteiger partial charge in [-0.1, -0.05) is 11.8 Å². The van der Waals surface area contributed by atoms with Crippen LogP contribution >= 0.6 is 11.8 Å². The first kappa shape index (κ1) is 15.8. The van der Waals surface area contributed by atoms with Gasteiger partial charge in [0.05, 0.1) is 19.6 Å². The molecule has 1 aliphatic rings. The van der Waals surface area contributed by atoms with E-state index in [-0.39, 0.29) is 11.1 Å². The summed E-state index contributed by atoms with van der Waals surface area (Å²) in [6.45, 7) is 2.33. The van der Waals surface area contributed by atoms with Gasteiger partial charge < -0.3 is 14.4 Å². The van der Waals surface area contributed by atoms with Crippen molar-refractivity contribution in [2.75, 3.05) is 33.1 Å². The number of carbonyl (C=O) groups excluding carboxylic acids is 3. The Labute approximate surface area is 116 Å². The van der Waals surface area contributed by atoms with E-state index in [1.807, 2.05) is 0 Å². The summed E-state index contributed by atoms with van der Waals surface area (Å²) in [5, 5.41) is -0.0290. The Hall–Kier alpha value is -1.24. The molecule has 0 atom stereocenters. The fourth-order valence-corrected chi connectivity index (χ4v) is 3.00. The highest BCUT2D eigenvalue weighted by Gasteiger charge is 2.43. The van der Waals surface area contributed by atoms with E-state index in [1.165, 1.54) is 21.1 Å². The van der Waals surface area contributed by atoms with Gasteiger partial charge in [-0.15, -0.1) is 0 Å². The first-order valence-electron chi connectivity index (χ1n) is 6.00. The van der Waals surface area contributed by atoms with Crippen LogP contribution in [0.3, 0.4) is 0 Å². The largest absolute Gasteiger partial charge is 0.469 e. The zero-order valence-corrected chi connectivity index (χ0v) is 12.2. The molecule has 108 valence electrons. The number of hydrogen-bond acceptors (Lipinski definition) is 6. The van der Waals surface area contributed by atoms with Gasteiger partial charge in [0.25, 0.3) is 0 Å². The summed E-state index contributed by atoms with van der Waals surface area (Å²) in [6.07, 6.45) is 0.571. The molecule has 7 heteroatoms. The predicted molar refractivity (Wildman–Crippen MR) is 70.8 cm³/mol. The Morgan fingerprint density at radius 2 is 1.74 bits per heavy atom. The summed E-state index contributed by atoms with van der Waals surface area (Å²) < 4.78 is 9.50. The normalized spacial score (nSPS) is 17.7. The van der Waals surface area contributed by atoms with E-state index in [4.69, 9.17) is 4.74 Å². The molecule has 19 heavy (non-hydrogen) atoms. The van der Waals surface area contributed by atoms with Crippen LogP contribution in [0.2, 0.25) is 0 Å². The molecule has 6 nitrogen and oxygen atoms in total. The van der Waals surface area contributed by atoms with Crippen molar-refractivity contribution in [3.05, 3.63) is 0 Å². The van der Waals surface area contributed by atoms with Crippen molar-refractivity contribution in [2.45, 2.75) is 19.8 Å². The number of hydrogen-bond donors (Lipinski definition) is 0. The number of ether oxygens (including phenoxy) is 2. The topological polar surface area (TPSA) is 72.9 Å². The van der Waals surface area contributed by atoms with Crippen LogP contribution in [0.15, 0.2) is 0 Å². The fraction of sp³-hybridized carbons (Fsp3) is 0.750. The fourth-order valence-electron chi connectivity index (χ4n) is 2.11. The molecule has 1 fully saturated rings. The maximum Gasteiger partial charge on any atom is 0.409 e. The van der Waals surface area contributed by atoms with Gasteiger partial charge in [-0.2, -0.15) is 0 Å². The van der Waals surface area contributed by atoms with Gasteiger partial charge >= 0.3 is 12.1 Å². The number of likely N-dealkylation sites (tertiary alicyclic amines) is 1. The number of thioether (sulfide) groups is 1. The number of nitrogens with zero attached hydrogens (tertiary/aromatic N) is 1. The number of piperidine rings is 1. The van der Waals surface area contributed by atoms with Crippen LogP contribution in [0.25, 0.3) is 0 Å². The summed E-state index contributed by atoms with van der Waals surface area (Å²) in [5.41, 5.74) is -0.685. The third-order valence-electron chi connectivity index (χ3n) is 3.32. The van der Waals surface area contributed by atoms with Gasteiger partial charge in [0.1, 0.15) is 0 Å². The third kappa shape index (κ3) is 3.86. The van der Waals surface area contributed by atoms with Gasteiger partial charge in [0.15, 0.2) is 5.12 Å². The van der Waals surface area contributed by atoms with Gasteiger partial charge in [0, 0.05) is 25.8 Å². The van der Waals surface area contributed by atoms with Crippen LogP contribution in [0.1, 0.15) is 19.8 Å². The second-order valence-electron chi connectivity index (χ2n) is 4.51. The van der Waals surface area contributed by atoms with E-state index < -0.39 is 11.5 Å². The molecule has 0 aromatic carbocycles. The molecule has 1 aliphatic heterocycles. The van der Waals surface area contributed by atoms with Gasteiger partial charge in [0.2, 0.25) is 0 Å². The van der Waals surface area contributed by atoms with Crippen molar-refractivity contribution in [3.8, 4) is 0 Å². The van der Waals surface area contributed by atoms with Crippen LogP contribution in [0.5, 0.6) is 0 Å². The summed E-state index contributed by atoms with van der Waals surface area (Å²) in [5.74, 6) is 0.0788. The summed E-state index contributed by atoms with van der Waals surface area (Å²) in [4.78, 5) is 36.0. The SMILES string of the molecule is COC(=O)N1CCC(CSC(C)=O)(C(=O)OC)CC1. The lowest BCUT2D eigenvalue weighted by Gasteiger charge is -2.38. The number of methoxy groups -OCH3 is 2. The van der Waals surface area contributed by atoms with E-state index in [2.05, 4.69) is 4.74 Å². The van der Waals surface area contributed by atoms with E-state index in [0.717, 1.165) is 11.8 Å². The minimum Gasteiger partial charge on any atom is -0.469 e. The minimum atomic E-state index is -0.685. The minimum absolute atomic E-state index is 0.0290. The first-order valence-corrected chi connectivity index (χ1v) is 6.98. The molecule has 0 radical (unpaired) electrons. The lowest BCUT2D eigenvalue weighted by molar-refractivity contribution is -0.153. The molecule has 0 N–H and O–H groups in total. The van der Waals surface area contributed by atoms with E-state index in [0.29, 0.717) is 31.7 Å². The molecule has 0 saturated carbocycles. The van der Waals surface area contributed by atoms with Crippen molar-refractivity contribution < 1.29 is 23.9 Å². The van der Waals surface area contributed by atoms with Crippen LogP contribution in [0, 0.1) is 5.41 Å². The summed E-state index contributed by atoms with van der Waals surface area (Å²) in [7, 11) is 2.67. The maximum absolute atomic E-state index is 12.0. The highest BCUT2D eigenvalue weighted by atomic mass is 32.2. The van der Waals surface area contributed by atoms with E-state index >= 15 is 0 Å². The Balaban J connectivity index is 2.71. The van der Waals surface area contributed by atoms with Crippen LogP contribution < -0.4 is 0 Å². The van der Waals surface area contributed by atoms with Crippen molar-refractivity contribution in [2.24, 2.45) is 5.41 Å². The Kier molecular flexibility index (Phi) is 5.65. The Morgan fingerprint density at radius 3 is 2.16 bits per heavy atom. The monoisotopic (exact) mass is 289 g/mol. The van der Waals surface area contributed by atoms with Crippen LogP contribution in [-0.4, -0.2) is 55.1 Å². The zero-order chi connectivity index (χ0) is 14.5. The molecule has 0 aliphatic carbocycles. The van der Waals surface area contributed by atoms with Crippen molar-refractivity contribution in [3.63, 3.8) is 0 Å². The average molecular weight is 289 g/mol. The van der Waals surface area contributed by atoms with Gasteiger partial charge in [-0.3, -0.25) is 9.59 Å². The summed E-state index contributed by atoms with van der Waals surface area (Å²) >= 11 is 1.12. The number of amides is 1. The molecule has 0 unspecified atom stereocenters. The Morgan fingerprint density at radius 1 is 1.16 bits per heavy atom. The number of esters is 1. The third-order valence-corrected chi connectivity index (χ3v) is 4.43. The van der Waals surface area contributed by atoms with Crippen LogP contribution in [0.4, 0.5) is 4.79 Å². The second kappa shape index (κ2) is 6.79. The lowest BCUT2D eigenvalue weighted by atomic mass is 9.80. The molecule has 1 saturated heterocycles. The standard InChI is InChI=1S/C12H19NO5S/c1-9(14)19-8-12(10(15)17-2)4-6-13(7-5-12)11(16)18-3/h4-8H2,1-3H3. The van der Waals surface area contributed by atoms with E-state index in [1.54, 1.807) is 4.90 Å². The molecule has 1 amide bonds. The molecule has 0 bridgehead atoms. The summed E-state index contributed by atoms with van der Waals surface area (Å²) in [6, 6.07) is 0. The highest BCUT2D eigenvalue weighted by molar-refractivity contribution is 8.13. The highest BCUT2D eigenvalue weighted by Crippen LogP contribution is 2.36. The average Bonchev–Trinajstić information content (AvgIpc) is 2.43. The smallest absolute Gasteiger partial charge is 0.409 e. The van der Waals surface area contributed by atoms with Crippen LogP contribution in [-0.2, 0) is 19.1 Å². The van der Waals surface area contributed by atoms with Crippen molar-refractivity contribution in [1.82, 2.24) is 4.90 Å². The molecule has 1 heterocycles. The van der Waals surface area contributed by atoms with Gasteiger partial charge in [-0.25, -0.2) is 4.79 Å². The van der Waals surface area contributed by atoms with E-state index in [9.17, 15) is 14.4 Å². The molecule has 0 aromatic heterocycles. The van der Waals surface area contributed by atoms with Crippen molar-refractivity contribution in [1.29, 1.82) is 0 Å². The molecule has 1 rings (SSSR count). The van der Waals surface area contributed by atoms with Gasteiger partial charge in [-0.05, 0) is 12.8 Å². The maximum atomic E-state index is 12.0. The quantitative estimate of drug-likeness (QED) is 0.729. The lowest BCUT2D eigenvalue weighted by Crippen LogP contribution is -2.48. The molecular formula is C12H19NO5S. The van der Waals surface area contributed by atoms with Crippen molar-refractivity contribution >= 4 is 28.9 Å².